The molecule has 0 bridgehead atoms. The van der Waals surface area contributed by atoms with Crippen LogP contribution >= 0.6 is 0 Å². The number of ether oxygens (including phenoxy) is 2. The van der Waals surface area contributed by atoms with Crippen molar-refractivity contribution in [1.82, 2.24) is 0 Å². The predicted molar refractivity (Wildman–Crippen MR) is 125 cm³/mol. The van der Waals surface area contributed by atoms with Crippen molar-refractivity contribution in [3.8, 4) is 5.75 Å². The van der Waals surface area contributed by atoms with E-state index >= 15 is 0 Å². The molecule has 1 aromatic rings. The van der Waals surface area contributed by atoms with Crippen molar-refractivity contribution in [2.75, 3.05) is 6.61 Å². The van der Waals surface area contributed by atoms with Crippen LogP contribution < -0.4 is 4.74 Å². The van der Waals surface area contributed by atoms with Crippen molar-refractivity contribution in [3.05, 3.63) is 29.8 Å². The molecular weight excluding hydrogens is 356 g/mol. The first-order chi connectivity index (χ1) is 14.2. The average Bonchev–Trinajstić information content (AvgIpc) is 2.76. The molecule has 1 saturated carbocycles. The second-order valence-corrected chi connectivity index (χ2v) is 9.11. The van der Waals surface area contributed by atoms with Crippen LogP contribution in [0.1, 0.15) is 110 Å². The van der Waals surface area contributed by atoms with Gasteiger partial charge in [-0.3, -0.25) is 0 Å². The zero-order valence-corrected chi connectivity index (χ0v) is 19.5. The molecule has 2 rings (SSSR count). The molecule has 1 aromatic carbocycles. The molecule has 1 aliphatic carbocycles. The predicted octanol–water partition coefficient (Wildman–Crippen LogP) is 8.33. The Kier molecular flexibility index (Phi) is 12.4. The maximum absolute atomic E-state index is 6.35. The molecule has 0 aromatic heterocycles. The van der Waals surface area contributed by atoms with Gasteiger partial charge in [0.1, 0.15) is 5.75 Å². The lowest BCUT2D eigenvalue weighted by molar-refractivity contribution is -0.0980. The van der Waals surface area contributed by atoms with Gasteiger partial charge in [-0.15, -0.1) is 0 Å². The van der Waals surface area contributed by atoms with E-state index < -0.39 is 0 Å². The summed E-state index contributed by atoms with van der Waals surface area (Å²) in [7, 11) is 0. The molecule has 29 heavy (non-hydrogen) atoms. The molecule has 2 unspecified atom stereocenters. The van der Waals surface area contributed by atoms with Gasteiger partial charge in [-0.05, 0) is 48.8 Å². The maximum atomic E-state index is 6.35. The minimum atomic E-state index is -0.0942. The van der Waals surface area contributed by atoms with Gasteiger partial charge in [-0.1, -0.05) is 97.1 Å². The van der Waals surface area contributed by atoms with Crippen LogP contribution in [0.2, 0.25) is 0 Å². The van der Waals surface area contributed by atoms with Gasteiger partial charge >= 0.3 is 0 Å². The third kappa shape index (κ3) is 10.0. The Morgan fingerprint density at radius 2 is 1.62 bits per heavy atom. The molecule has 0 amide bonds. The van der Waals surface area contributed by atoms with Crippen molar-refractivity contribution in [1.29, 1.82) is 0 Å². The first-order valence-electron chi connectivity index (χ1n) is 12.6. The fraction of sp³-hybridized carbons (Fsp3) is 0.778. The molecule has 1 aliphatic rings. The van der Waals surface area contributed by atoms with E-state index in [0.29, 0.717) is 0 Å². The Bertz CT molecular complexity index is 504. The second-order valence-electron chi connectivity index (χ2n) is 9.11. The first-order valence-corrected chi connectivity index (χ1v) is 12.6. The standard InChI is InChI=1S/C27H46O2/c1-4-7-12-23(6-3)20-21-28-27(22-25-14-10-9-11-15-25)29-26-18-16-24(17-19-26)13-8-5-2/h16-19,23,25,27H,4-15,20-22H2,1-3H3. The lowest BCUT2D eigenvalue weighted by Gasteiger charge is -2.27. The van der Waals surface area contributed by atoms with Gasteiger partial charge < -0.3 is 9.47 Å². The highest BCUT2D eigenvalue weighted by Gasteiger charge is 2.21. The van der Waals surface area contributed by atoms with E-state index in [-0.39, 0.29) is 6.29 Å². The first kappa shape index (κ1) is 24.3. The van der Waals surface area contributed by atoms with Gasteiger partial charge in [0, 0.05) is 6.42 Å². The van der Waals surface area contributed by atoms with Crippen LogP contribution in [-0.4, -0.2) is 12.9 Å². The van der Waals surface area contributed by atoms with Crippen molar-refractivity contribution < 1.29 is 9.47 Å². The lowest BCUT2D eigenvalue weighted by Crippen LogP contribution is -2.26. The average molecular weight is 403 g/mol. The number of hydrogen-bond donors (Lipinski definition) is 0. The van der Waals surface area contributed by atoms with Crippen LogP contribution in [0.25, 0.3) is 0 Å². The minimum Gasteiger partial charge on any atom is -0.465 e. The summed E-state index contributed by atoms with van der Waals surface area (Å²) in [4.78, 5) is 0. The Balaban J connectivity index is 1.87. The summed E-state index contributed by atoms with van der Waals surface area (Å²) in [6.07, 6.45) is 17.8. The van der Waals surface area contributed by atoms with Gasteiger partial charge in [0.15, 0.2) is 6.29 Å². The Morgan fingerprint density at radius 3 is 2.28 bits per heavy atom. The molecule has 0 radical (unpaired) electrons. The summed E-state index contributed by atoms with van der Waals surface area (Å²) < 4.78 is 12.7. The Labute approximate surface area is 180 Å². The molecule has 0 heterocycles. The summed E-state index contributed by atoms with van der Waals surface area (Å²) >= 11 is 0. The smallest absolute Gasteiger partial charge is 0.200 e. The van der Waals surface area contributed by atoms with Gasteiger partial charge in [0.05, 0.1) is 6.61 Å². The largest absolute Gasteiger partial charge is 0.465 e. The van der Waals surface area contributed by atoms with E-state index in [0.717, 1.165) is 43.5 Å². The number of rotatable bonds is 15. The SMILES string of the molecule is CCCCc1ccc(OC(CC2CCCCC2)OCCC(CC)CCCC)cc1. The zero-order valence-electron chi connectivity index (χ0n) is 19.5. The third-order valence-corrected chi connectivity index (χ3v) is 6.63. The Morgan fingerprint density at radius 1 is 0.897 bits per heavy atom. The molecular formula is C27H46O2. The normalized spacial score (nSPS) is 17.2. The van der Waals surface area contributed by atoms with E-state index in [1.807, 2.05) is 0 Å². The lowest BCUT2D eigenvalue weighted by atomic mass is 9.87. The minimum absolute atomic E-state index is 0.0942. The summed E-state index contributed by atoms with van der Waals surface area (Å²) in [5, 5.41) is 0. The van der Waals surface area contributed by atoms with Crippen LogP contribution in [-0.2, 0) is 11.2 Å². The van der Waals surface area contributed by atoms with E-state index in [1.165, 1.54) is 76.2 Å². The van der Waals surface area contributed by atoms with Crippen molar-refractivity contribution in [2.45, 2.75) is 117 Å². The van der Waals surface area contributed by atoms with Crippen LogP contribution in [0.3, 0.4) is 0 Å². The molecule has 166 valence electrons. The molecule has 2 atom stereocenters. The van der Waals surface area contributed by atoms with E-state index in [9.17, 15) is 0 Å². The second kappa shape index (κ2) is 14.9. The summed E-state index contributed by atoms with van der Waals surface area (Å²) in [5.74, 6) is 2.52. The molecule has 0 N–H and O–H groups in total. The summed E-state index contributed by atoms with van der Waals surface area (Å²) in [6.45, 7) is 7.67. The quantitative estimate of drug-likeness (QED) is 0.274. The van der Waals surface area contributed by atoms with Crippen LogP contribution in [0.15, 0.2) is 24.3 Å². The number of unbranched alkanes of at least 4 members (excludes halogenated alkanes) is 2. The van der Waals surface area contributed by atoms with Crippen LogP contribution in [0.4, 0.5) is 0 Å². The highest BCUT2D eigenvalue weighted by atomic mass is 16.7. The monoisotopic (exact) mass is 402 g/mol. The van der Waals surface area contributed by atoms with Crippen LogP contribution in [0.5, 0.6) is 5.75 Å². The van der Waals surface area contributed by atoms with Crippen molar-refractivity contribution in [2.24, 2.45) is 11.8 Å². The topological polar surface area (TPSA) is 18.5 Å². The fourth-order valence-electron chi connectivity index (χ4n) is 4.52. The molecule has 2 nitrogen and oxygen atoms in total. The number of hydrogen-bond acceptors (Lipinski definition) is 2. The van der Waals surface area contributed by atoms with Crippen molar-refractivity contribution >= 4 is 0 Å². The Hall–Kier alpha value is -1.02. The molecule has 2 heteroatoms. The zero-order chi connectivity index (χ0) is 20.7. The van der Waals surface area contributed by atoms with E-state index in [1.54, 1.807) is 0 Å². The molecule has 0 saturated heterocycles. The van der Waals surface area contributed by atoms with Crippen LogP contribution in [0, 0.1) is 11.8 Å². The van der Waals surface area contributed by atoms with Gasteiger partial charge in [-0.25, -0.2) is 0 Å². The van der Waals surface area contributed by atoms with E-state index in [4.69, 9.17) is 9.47 Å². The van der Waals surface area contributed by atoms with Gasteiger partial charge in [0.2, 0.25) is 0 Å². The molecule has 1 fully saturated rings. The number of benzene rings is 1. The summed E-state index contributed by atoms with van der Waals surface area (Å²) in [6, 6.07) is 8.72. The highest BCUT2D eigenvalue weighted by Crippen LogP contribution is 2.29. The molecule has 0 aliphatic heterocycles. The fourth-order valence-corrected chi connectivity index (χ4v) is 4.52. The third-order valence-electron chi connectivity index (χ3n) is 6.63. The van der Waals surface area contributed by atoms with Gasteiger partial charge in [0.25, 0.3) is 0 Å². The van der Waals surface area contributed by atoms with Crippen molar-refractivity contribution in [3.63, 3.8) is 0 Å². The highest BCUT2D eigenvalue weighted by molar-refractivity contribution is 5.27. The molecule has 0 spiro atoms. The van der Waals surface area contributed by atoms with Gasteiger partial charge in [-0.2, -0.15) is 0 Å². The maximum Gasteiger partial charge on any atom is 0.200 e. The van der Waals surface area contributed by atoms with E-state index in [2.05, 4.69) is 45.0 Å². The number of aryl methyl sites for hydroxylation is 1. The summed E-state index contributed by atoms with van der Waals surface area (Å²) in [5.41, 5.74) is 1.41.